The summed E-state index contributed by atoms with van der Waals surface area (Å²) in [6.45, 7) is 2.60. The lowest BCUT2D eigenvalue weighted by Crippen LogP contribution is -2.06. The van der Waals surface area contributed by atoms with E-state index in [2.05, 4.69) is 20.4 Å². The minimum Gasteiger partial charge on any atom is -0.481 e. The number of nitrogens with one attached hydrogen (secondary N) is 1. The molecule has 2 rings (SSSR count). The first-order valence-corrected chi connectivity index (χ1v) is 5.82. The summed E-state index contributed by atoms with van der Waals surface area (Å²) in [7, 11) is 5.01. The van der Waals surface area contributed by atoms with E-state index in [1.165, 1.54) is 0 Å². The van der Waals surface area contributed by atoms with Crippen molar-refractivity contribution < 1.29 is 9.47 Å². The van der Waals surface area contributed by atoms with Gasteiger partial charge in [-0.3, -0.25) is 4.68 Å². The molecule has 1 N–H and O–H groups in total. The molecule has 19 heavy (non-hydrogen) atoms. The second kappa shape index (κ2) is 5.55. The normalized spacial score (nSPS) is 10.3. The summed E-state index contributed by atoms with van der Waals surface area (Å²) < 4.78 is 12.0. The number of hydrogen-bond donors (Lipinski definition) is 1. The molecule has 0 unspecified atom stereocenters. The lowest BCUT2D eigenvalue weighted by atomic mass is 10.2. The Hall–Kier alpha value is -2.31. The Labute approximate surface area is 111 Å². The summed E-state index contributed by atoms with van der Waals surface area (Å²) in [5, 5.41) is 7.31. The average Bonchev–Trinajstić information content (AvgIpc) is 2.76. The van der Waals surface area contributed by atoms with E-state index < -0.39 is 0 Å². The second-order valence-electron chi connectivity index (χ2n) is 4.01. The minimum absolute atomic E-state index is 0.456. The summed E-state index contributed by atoms with van der Waals surface area (Å²) in [4.78, 5) is 8.40. The van der Waals surface area contributed by atoms with Crippen molar-refractivity contribution in [2.75, 3.05) is 19.5 Å². The quantitative estimate of drug-likeness (QED) is 0.872. The lowest BCUT2D eigenvalue weighted by Gasteiger charge is -2.08. The maximum atomic E-state index is 5.09. The first-order valence-electron chi connectivity index (χ1n) is 5.82. The number of nitrogens with zero attached hydrogens (tertiary/aromatic N) is 4. The highest BCUT2D eigenvalue weighted by Crippen LogP contribution is 2.18. The van der Waals surface area contributed by atoms with E-state index in [1.807, 2.05) is 24.9 Å². The molecule has 0 radical (unpaired) electrons. The fraction of sp³-hybridized carbons (Fsp3) is 0.417. The molecule has 0 bridgehead atoms. The van der Waals surface area contributed by atoms with Crippen LogP contribution in [0.15, 0.2) is 12.3 Å². The van der Waals surface area contributed by atoms with Crippen molar-refractivity contribution in [1.29, 1.82) is 0 Å². The predicted molar refractivity (Wildman–Crippen MR) is 70.4 cm³/mol. The van der Waals surface area contributed by atoms with Crippen LogP contribution >= 0.6 is 0 Å². The average molecular weight is 263 g/mol. The molecule has 102 valence electrons. The number of aryl methyl sites for hydroxylation is 1. The Bertz CT molecular complexity index is 545. The van der Waals surface area contributed by atoms with Crippen LogP contribution in [-0.2, 0) is 13.6 Å². The van der Waals surface area contributed by atoms with Gasteiger partial charge in [0.25, 0.3) is 0 Å². The van der Waals surface area contributed by atoms with Gasteiger partial charge in [0.2, 0.25) is 17.7 Å². The van der Waals surface area contributed by atoms with Crippen LogP contribution in [0.25, 0.3) is 0 Å². The molecule has 0 saturated carbocycles. The van der Waals surface area contributed by atoms with Gasteiger partial charge in [-0.1, -0.05) is 0 Å². The van der Waals surface area contributed by atoms with Gasteiger partial charge in [0.1, 0.15) is 0 Å². The zero-order valence-electron chi connectivity index (χ0n) is 11.5. The predicted octanol–water partition coefficient (Wildman–Crippen LogP) is 1.15. The van der Waals surface area contributed by atoms with E-state index >= 15 is 0 Å². The first kappa shape index (κ1) is 13.1. The van der Waals surface area contributed by atoms with Crippen molar-refractivity contribution in [3.8, 4) is 11.8 Å². The molecule has 0 aromatic carbocycles. The Morgan fingerprint density at radius 2 is 1.84 bits per heavy atom. The Morgan fingerprint density at radius 1 is 1.21 bits per heavy atom. The van der Waals surface area contributed by atoms with Gasteiger partial charge in [-0.25, -0.2) is 0 Å². The van der Waals surface area contributed by atoms with Crippen LogP contribution in [0.5, 0.6) is 11.8 Å². The summed E-state index contributed by atoms with van der Waals surface area (Å²) in [5.74, 6) is 1.37. The van der Waals surface area contributed by atoms with Crippen LogP contribution in [-0.4, -0.2) is 34.0 Å². The fourth-order valence-electron chi connectivity index (χ4n) is 1.58. The Balaban J connectivity index is 2.12. The summed E-state index contributed by atoms with van der Waals surface area (Å²) in [6.07, 6.45) is 1.82. The van der Waals surface area contributed by atoms with Crippen LogP contribution < -0.4 is 14.8 Å². The van der Waals surface area contributed by atoms with Crippen LogP contribution in [0.2, 0.25) is 0 Å². The molecule has 2 aromatic rings. The van der Waals surface area contributed by atoms with Crippen molar-refractivity contribution >= 4 is 5.95 Å². The lowest BCUT2D eigenvalue weighted by molar-refractivity contribution is 0.373. The van der Waals surface area contributed by atoms with Gasteiger partial charge >= 0.3 is 0 Å². The van der Waals surface area contributed by atoms with Gasteiger partial charge in [-0.15, -0.1) is 0 Å². The molecule has 0 spiro atoms. The van der Waals surface area contributed by atoms with Crippen LogP contribution in [0.1, 0.15) is 11.3 Å². The van der Waals surface area contributed by atoms with Crippen molar-refractivity contribution in [2.45, 2.75) is 13.5 Å². The molecule has 7 nitrogen and oxygen atoms in total. The second-order valence-corrected chi connectivity index (χ2v) is 4.01. The van der Waals surface area contributed by atoms with Crippen molar-refractivity contribution in [3.05, 3.63) is 23.5 Å². The number of anilines is 1. The largest absolute Gasteiger partial charge is 0.481 e. The number of ether oxygens (including phenoxy) is 2. The third kappa shape index (κ3) is 2.93. The zero-order valence-corrected chi connectivity index (χ0v) is 11.5. The Morgan fingerprint density at radius 3 is 2.32 bits per heavy atom. The van der Waals surface area contributed by atoms with Crippen LogP contribution in [0, 0.1) is 6.92 Å². The topological polar surface area (TPSA) is 74.1 Å². The van der Waals surface area contributed by atoms with Gasteiger partial charge in [0.05, 0.1) is 26.5 Å². The molecule has 7 heteroatoms. The first-order chi connectivity index (χ1) is 9.13. The number of rotatable bonds is 5. The molecule has 0 fully saturated rings. The highest BCUT2D eigenvalue weighted by Gasteiger charge is 2.07. The van der Waals surface area contributed by atoms with Crippen LogP contribution in [0.4, 0.5) is 5.95 Å². The maximum Gasteiger partial charge on any atom is 0.229 e. The van der Waals surface area contributed by atoms with Crippen molar-refractivity contribution in [3.63, 3.8) is 0 Å². The van der Waals surface area contributed by atoms with E-state index in [0.717, 1.165) is 11.3 Å². The summed E-state index contributed by atoms with van der Waals surface area (Å²) >= 11 is 0. The zero-order chi connectivity index (χ0) is 13.8. The molecule has 0 aliphatic rings. The highest BCUT2D eigenvalue weighted by atomic mass is 16.5. The number of aromatic nitrogens is 4. The SMILES string of the molecule is COc1cc(OC)nc(NCc2cnn(C)c2C)n1. The fourth-order valence-corrected chi connectivity index (χ4v) is 1.58. The van der Waals surface area contributed by atoms with E-state index in [-0.39, 0.29) is 0 Å². The molecule has 0 aliphatic carbocycles. The molecule has 0 saturated heterocycles. The summed E-state index contributed by atoms with van der Waals surface area (Å²) in [5.41, 5.74) is 2.19. The monoisotopic (exact) mass is 263 g/mol. The molecule has 2 heterocycles. The standard InChI is InChI=1S/C12H17N5O2/c1-8-9(7-14-17(8)2)6-13-12-15-10(18-3)5-11(16-12)19-4/h5,7H,6H2,1-4H3,(H,13,15,16). The van der Waals surface area contributed by atoms with E-state index in [0.29, 0.717) is 24.3 Å². The van der Waals surface area contributed by atoms with E-state index in [1.54, 1.807) is 20.3 Å². The maximum absolute atomic E-state index is 5.09. The van der Waals surface area contributed by atoms with Crippen molar-refractivity contribution in [2.24, 2.45) is 7.05 Å². The third-order valence-corrected chi connectivity index (χ3v) is 2.87. The Kier molecular flexibility index (Phi) is 3.84. The number of methoxy groups -OCH3 is 2. The molecule has 0 aliphatic heterocycles. The number of hydrogen-bond acceptors (Lipinski definition) is 6. The smallest absolute Gasteiger partial charge is 0.229 e. The molecule has 0 amide bonds. The molecule has 2 aromatic heterocycles. The highest BCUT2D eigenvalue weighted by molar-refractivity contribution is 5.35. The van der Waals surface area contributed by atoms with Crippen LogP contribution in [0.3, 0.4) is 0 Å². The van der Waals surface area contributed by atoms with Gasteiger partial charge in [0.15, 0.2) is 0 Å². The summed E-state index contributed by atoms with van der Waals surface area (Å²) in [6, 6.07) is 1.63. The van der Waals surface area contributed by atoms with E-state index in [4.69, 9.17) is 9.47 Å². The third-order valence-electron chi connectivity index (χ3n) is 2.87. The van der Waals surface area contributed by atoms with Gasteiger partial charge in [-0.2, -0.15) is 15.1 Å². The van der Waals surface area contributed by atoms with Crippen molar-refractivity contribution in [1.82, 2.24) is 19.7 Å². The van der Waals surface area contributed by atoms with Gasteiger partial charge in [-0.05, 0) is 6.92 Å². The minimum atomic E-state index is 0.456. The molecular formula is C12H17N5O2. The van der Waals surface area contributed by atoms with E-state index in [9.17, 15) is 0 Å². The van der Waals surface area contributed by atoms with Gasteiger partial charge in [0, 0.05) is 24.8 Å². The van der Waals surface area contributed by atoms with Gasteiger partial charge < -0.3 is 14.8 Å². The molecule has 0 atom stereocenters. The molecular weight excluding hydrogens is 246 g/mol.